The number of rotatable bonds is 6. The van der Waals surface area contributed by atoms with E-state index in [0.29, 0.717) is 23.7 Å². The molecule has 3 aromatic heterocycles. The highest BCUT2D eigenvalue weighted by Gasteiger charge is 2.26. The average Bonchev–Trinajstić information content (AvgIpc) is 3.44. The Labute approximate surface area is 223 Å². The number of nitrogens with zero attached hydrogens (tertiary/aromatic N) is 5. The van der Waals surface area contributed by atoms with E-state index in [4.69, 9.17) is 4.74 Å². The summed E-state index contributed by atoms with van der Waals surface area (Å²) < 4.78 is 8.19. The first-order valence-electron chi connectivity index (χ1n) is 12.4. The number of hydrogen-bond donors (Lipinski definition) is 2. The van der Waals surface area contributed by atoms with Gasteiger partial charge in [0.15, 0.2) is 5.82 Å². The number of ether oxygens (including phenoxy) is 1. The molecule has 10 heteroatoms. The predicted octanol–water partition coefficient (Wildman–Crippen LogP) is 5.53. The maximum Gasteiger partial charge on any atom is 0.306 e. The maximum absolute atomic E-state index is 12.3. The third kappa shape index (κ3) is 5.63. The second-order valence-corrected chi connectivity index (χ2v) is 11.4. The number of nitriles is 1. The molecule has 4 heterocycles. The van der Waals surface area contributed by atoms with Crippen molar-refractivity contribution in [3.8, 4) is 6.07 Å². The number of benzene rings is 1. The van der Waals surface area contributed by atoms with Crippen LogP contribution in [0.4, 0.5) is 11.5 Å². The summed E-state index contributed by atoms with van der Waals surface area (Å²) in [6.45, 7) is 8.27. The number of carbonyl (C=O) groups excluding carboxylic acids is 1. The van der Waals surface area contributed by atoms with Crippen molar-refractivity contribution in [2.24, 2.45) is 5.92 Å². The van der Waals surface area contributed by atoms with E-state index >= 15 is 0 Å². The maximum atomic E-state index is 12.3. The van der Waals surface area contributed by atoms with Crippen LogP contribution in [0.25, 0.3) is 16.4 Å². The molecule has 1 fully saturated rings. The number of nitrogens with one attached hydrogen (secondary N) is 2. The lowest BCUT2D eigenvalue weighted by Crippen LogP contribution is -2.34. The molecule has 1 aromatic carbocycles. The number of carbonyl (C=O) groups is 1. The van der Waals surface area contributed by atoms with Gasteiger partial charge in [-0.25, -0.2) is 9.50 Å². The first-order valence-corrected chi connectivity index (χ1v) is 13.2. The minimum absolute atomic E-state index is 0.113. The van der Waals surface area contributed by atoms with Crippen LogP contribution in [0, 0.1) is 17.2 Å². The molecule has 0 aliphatic carbocycles. The van der Waals surface area contributed by atoms with Crippen molar-refractivity contribution in [2.75, 3.05) is 18.4 Å². The molecule has 192 valence electrons. The molecule has 37 heavy (non-hydrogen) atoms. The summed E-state index contributed by atoms with van der Waals surface area (Å²) in [6, 6.07) is 9.94. The van der Waals surface area contributed by atoms with Crippen LogP contribution >= 0.6 is 15.9 Å². The number of hydrogen-bond acceptors (Lipinski definition) is 7. The molecule has 0 radical (unpaired) electrons. The third-order valence-corrected chi connectivity index (χ3v) is 7.17. The molecular weight excluding hydrogens is 534 g/mol. The summed E-state index contributed by atoms with van der Waals surface area (Å²) in [5.41, 5.74) is 3.80. The highest BCUT2D eigenvalue weighted by Crippen LogP contribution is 2.32. The molecule has 0 atom stereocenters. The molecule has 9 nitrogen and oxygen atoms in total. The van der Waals surface area contributed by atoms with Crippen molar-refractivity contribution in [1.29, 1.82) is 5.26 Å². The van der Waals surface area contributed by atoms with Gasteiger partial charge in [0, 0.05) is 24.5 Å². The number of esters is 1. The molecule has 0 spiro atoms. The smallest absolute Gasteiger partial charge is 0.306 e. The Morgan fingerprint density at radius 2 is 2.08 bits per heavy atom. The van der Waals surface area contributed by atoms with E-state index in [-0.39, 0.29) is 5.97 Å². The van der Waals surface area contributed by atoms with Crippen molar-refractivity contribution in [1.82, 2.24) is 24.5 Å². The number of aromatic amines is 1. The van der Waals surface area contributed by atoms with E-state index in [0.717, 1.165) is 64.7 Å². The Morgan fingerprint density at radius 1 is 1.30 bits per heavy atom. The fourth-order valence-electron chi connectivity index (χ4n) is 4.96. The van der Waals surface area contributed by atoms with Crippen LogP contribution in [0.3, 0.4) is 0 Å². The van der Waals surface area contributed by atoms with Gasteiger partial charge in [0.25, 0.3) is 0 Å². The van der Waals surface area contributed by atoms with Crippen LogP contribution < -0.4 is 5.32 Å². The molecule has 2 N–H and O–H groups in total. The van der Waals surface area contributed by atoms with E-state index in [1.165, 1.54) is 6.33 Å². The summed E-state index contributed by atoms with van der Waals surface area (Å²) in [4.78, 5) is 22.5. The first-order chi connectivity index (χ1) is 17.7. The van der Waals surface area contributed by atoms with Gasteiger partial charge >= 0.3 is 5.97 Å². The second kappa shape index (κ2) is 10.1. The monoisotopic (exact) mass is 563 g/mol. The van der Waals surface area contributed by atoms with Gasteiger partial charge < -0.3 is 15.0 Å². The number of likely N-dealkylation sites (tertiary alicyclic amines) is 1. The Balaban J connectivity index is 1.34. The van der Waals surface area contributed by atoms with Gasteiger partial charge in [-0.05, 0) is 98.4 Å². The molecule has 0 amide bonds. The highest BCUT2D eigenvalue weighted by atomic mass is 79.9. The Hall–Kier alpha value is -3.42. The zero-order valence-corrected chi connectivity index (χ0v) is 22.8. The second-order valence-electron chi connectivity index (χ2n) is 10.6. The minimum atomic E-state index is -0.446. The fourth-order valence-corrected chi connectivity index (χ4v) is 5.51. The number of fused-ring (bicyclic) bond motifs is 2. The number of piperidine rings is 1. The van der Waals surface area contributed by atoms with E-state index < -0.39 is 5.60 Å². The van der Waals surface area contributed by atoms with Crippen molar-refractivity contribution >= 4 is 49.8 Å². The standard InChI is InChI=1S/C27H30BrN7O2/c1-27(2,3)37-23(36)12-17-5-8-34(9-6-17)15-20-13-22(28)35-25(20)26(31-16-32-35)33-21-11-18(14-29)10-19-4-7-30-24(19)21/h4,7,10-11,13,16-17,30H,5-6,8-9,12,15H2,1-3H3,(H,31,32,33). The van der Waals surface area contributed by atoms with Gasteiger partial charge in [-0.2, -0.15) is 10.4 Å². The van der Waals surface area contributed by atoms with E-state index in [1.54, 1.807) is 0 Å². The lowest BCUT2D eigenvalue weighted by molar-refractivity contribution is -0.156. The van der Waals surface area contributed by atoms with Gasteiger partial charge in [0.1, 0.15) is 22.0 Å². The summed E-state index contributed by atoms with van der Waals surface area (Å²) in [6.07, 6.45) is 5.77. The summed E-state index contributed by atoms with van der Waals surface area (Å²) in [5.74, 6) is 0.902. The fraction of sp³-hybridized carbons (Fsp3) is 0.407. The summed E-state index contributed by atoms with van der Waals surface area (Å²) >= 11 is 3.64. The third-order valence-electron chi connectivity index (χ3n) is 6.61. The minimum Gasteiger partial charge on any atom is -0.460 e. The van der Waals surface area contributed by atoms with Crippen LogP contribution in [0.2, 0.25) is 0 Å². The van der Waals surface area contributed by atoms with Crippen LogP contribution in [0.5, 0.6) is 0 Å². The molecule has 0 bridgehead atoms. The van der Waals surface area contributed by atoms with Gasteiger partial charge in [-0.15, -0.1) is 0 Å². The van der Waals surface area contributed by atoms with Gasteiger partial charge in [-0.3, -0.25) is 9.69 Å². The van der Waals surface area contributed by atoms with Crippen molar-refractivity contribution < 1.29 is 9.53 Å². The largest absolute Gasteiger partial charge is 0.460 e. The Kier molecular flexibility index (Phi) is 6.92. The number of aromatic nitrogens is 4. The summed E-state index contributed by atoms with van der Waals surface area (Å²) in [5, 5.41) is 18.3. The quantitative estimate of drug-likeness (QED) is 0.296. The Bertz CT molecular complexity index is 1490. The summed E-state index contributed by atoms with van der Waals surface area (Å²) in [7, 11) is 0. The number of H-pyrrole nitrogens is 1. The van der Waals surface area contributed by atoms with Crippen molar-refractivity contribution in [3.63, 3.8) is 0 Å². The average molecular weight is 564 g/mol. The first kappa shape index (κ1) is 25.2. The number of anilines is 2. The highest BCUT2D eigenvalue weighted by molar-refractivity contribution is 9.10. The molecular formula is C27H30BrN7O2. The van der Waals surface area contributed by atoms with Crippen LogP contribution in [0.1, 0.15) is 51.2 Å². The molecule has 1 saturated heterocycles. The van der Waals surface area contributed by atoms with Crippen LogP contribution in [0.15, 0.2) is 41.4 Å². The van der Waals surface area contributed by atoms with Crippen LogP contribution in [-0.4, -0.2) is 49.1 Å². The molecule has 5 rings (SSSR count). The molecule has 0 saturated carbocycles. The lowest BCUT2D eigenvalue weighted by atomic mass is 9.93. The molecule has 1 aliphatic rings. The normalized spacial score (nSPS) is 15.2. The lowest BCUT2D eigenvalue weighted by Gasteiger charge is -2.32. The van der Waals surface area contributed by atoms with E-state index in [1.807, 2.05) is 49.7 Å². The zero-order chi connectivity index (χ0) is 26.2. The van der Waals surface area contributed by atoms with E-state index in [2.05, 4.69) is 53.3 Å². The molecule has 1 aliphatic heterocycles. The SMILES string of the molecule is CC(C)(C)OC(=O)CC1CCN(Cc2cc(Br)n3ncnc(Nc4cc(C#N)cc5cc[nH]c45)c23)CC1. The van der Waals surface area contributed by atoms with Gasteiger partial charge in [0.05, 0.1) is 22.8 Å². The zero-order valence-electron chi connectivity index (χ0n) is 21.2. The predicted molar refractivity (Wildman–Crippen MR) is 145 cm³/mol. The van der Waals surface area contributed by atoms with Gasteiger partial charge in [0.2, 0.25) is 0 Å². The molecule has 0 unspecified atom stereocenters. The van der Waals surface area contributed by atoms with Gasteiger partial charge in [-0.1, -0.05) is 0 Å². The van der Waals surface area contributed by atoms with Crippen LogP contribution in [-0.2, 0) is 16.1 Å². The topological polar surface area (TPSA) is 111 Å². The van der Waals surface area contributed by atoms with Crippen molar-refractivity contribution in [3.05, 3.63) is 52.5 Å². The van der Waals surface area contributed by atoms with E-state index in [9.17, 15) is 10.1 Å². The van der Waals surface area contributed by atoms with Crippen molar-refractivity contribution in [2.45, 2.75) is 52.2 Å². The molecule has 4 aromatic rings. The Morgan fingerprint density at radius 3 is 2.81 bits per heavy atom. The number of halogens is 1.